The molecule has 0 saturated heterocycles. The van der Waals surface area contributed by atoms with E-state index in [9.17, 15) is 9.59 Å². The highest BCUT2D eigenvalue weighted by Gasteiger charge is 2.35. The van der Waals surface area contributed by atoms with Crippen LogP contribution in [0.1, 0.15) is 19.8 Å². The number of rotatable bonds is 7. The molecule has 2 atom stereocenters. The van der Waals surface area contributed by atoms with Gasteiger partial charge in [-0.3, -0.25) is 9.59 Å². The lowest BCUT2D eigenvalue weighted by Gasteiger charge is -2.25. The normalized spacial score (nSPS) is 18.9. The van der Waals surface area contributed by atoms with E-state index < -0.39 is 11.8 Å². The average molecular weight is 386 g/mol. The van der Waals surface area contributed by atoms with Crippen LogP contribution in [0.5, 0.6) is 5.75 Å². The molecule has 0 unspecified atom stereocenters. The molecule has 1 aliphatic rings. The molecule has 0 spiro atoms. The summed E-state index contributed by atoms with van der Waals surface area (Å²) in [5.74, 6) is -0.782. The lowest BCUT2D eigenvalue weighted by atomic mass is 9.82. The van der Waals surface area contributed by atoms with Crippen LogP contribution in [0.15, 0.2) is 43.0 Å². The number of ether oxygens (including phenoxy) is 2. The van der Waals surface area contributed by atoms with Gasteiger partial charge in [-0.1, -0.05) is 36.1 Å². The summed E-state index contributed by atoms with van der Waals surface area (Å²) >= 11 is 1.38. The van der Waals surface area contributed by atoms with Gasteiger partial charge in [0.15, 0.2) is 5.13 Å². The Labute approximate surface area is 161 Å². The molecule has 6 nitrogen and oxygen atoms in total. The van der Waals surface area contributed by atoms with E-state index in [1.54, 1.807) is 0 Å². The largest absolute Gasteiger partial charge is 0.494 e. The summed E-state index contributed by atoms with van der Waals surface area (Å²) in [5, 5.41) is 3.37. The number of thiazole rings is 1. The van der Waals surface area contributed by atoms with Gasteiger partial charge in [0.25, 0.3) is 0 Å². The predicted octanol–water partition coefficient (Wildman–Crippen LogP) is 3.95. The fourth-order valence-corrected chi connectivity index (χ4v) is 3.92. The Bertz CT molecular complexity index is 874. The zero-order valence-electron chi connectivity index (χ0n) is 15.1. The van der Waals surface area contributed by atoms with Gasteiger partial charge >= 0.3 is 5.97 Å². The first-order valence-electron chi connectivity index (χ1n) is 8.89. The fraction of sp³-hybridized carbons (Fsp3) is 0.350. The number of anilines is 1. The third-order valence-corrected chi connectivity index (χ3v) is 5.25. The van der Waals surface area contributed by atoms with E-state index in [1.165, 1.54) is 17.4 Å². The van der Waals surface area contributed by atoms with Crippen LogP contribution >= 0.6 is 11.3 Å². The Balaban J connectivity index is 1.73. The molecule has 1 aromatic carbocycles. The second-order valence-corrected chi connectivity index (χ2v) is 7.18. The standard InChI is InChI=1S/C20H22N2O4S/c1-3-11-26-19(24)15-8-6-5-7-14(15)18(23)22-20-21-16-10-9-13(25-4-2)12-17(16)27-20/h3,5-6,9-10,12,14-15H,1,4,7-8,11H2,2H3,(H,21,22,23)/t14-,15+/m0/s1. The van der Waals surface area contributed by atoms with Crippen LogP contribution in [0.4, 0.5) is 5.13 Å². The van der Waals surface area contributed by atoms with Crippen LogP contribution in [0.3, 0.4) is 0 Å². The summed E-state index contributed by atoms with van der Waals surface area (Å²) in [6.07, 6.45) is 6.35. The minimum atomic E-state index is -0.492. The van der Waals surface area contributed by atoms with Crippen molar-refractivity contribution in [2.24, 2.45) is 11.8 Å². The highest BCUT2D eigenvalue weighted by molar-refractivity contribution is 7.22. The number of nitrogens with zero attached hydrogens (tertiary/aromatic N) is 1. The lowest BCUT2D eigenvalue weighted by molar-refractivity contribution is -0.151. The third-order valence-electron chi connectivity index (χ3n) is 4.32. The van der Waals surface area contributed by atoms with Crippen molar-refractivity contribution in [1.29, 1.82) is 0 Å². The Morgan fingerprint density at radius 3 is 2.85 bits per heavy atom. The Morgan fingerprint density at radius 2 is 2.11 bits per heavy atom. The van der Waals surface area contributed by atoms with Crippen molar-refractivity contribution in [2.45, 2.75) is 19.8 Å². The van der Waals surface area contributed by atoms with Gasteiger partial charge in [-0.25, -0.2) is 4.98 Å². The summed E-state index contributed by atoms with van der Waals surface area (Å²) in [6.45, 7) is 6.20. The second kappa shape index (κ2) is 8.81. The number of carbonyl (C=O) groups excluding carboxylic acids is 2. The van der Waals surface area contributed by atoms with Crippen molar-refractivity contribution in [3.05, 3.63) is 43.0 Å². The quantitative estimate of drug-likeness (QED) is 0.576. The number of carbonyl (C=O) groups is 2. The molecule has 0 bridgehead atoms. The topological polar surface area (TPSA) is 77.5 Å². The molecule has 0 fully saturated rings. The predicted molar refractivity (Wildman–Crippen MR) is 106 cm³/mol. The highest BCUT2D eigenvalue weighted by Crippen LogP contribution is 2.32. The summed E-state index contributed by atoms with van der Waals surface area (Å²) in [5.41, 5.74) is 0.796. The van der Waals surface area contributed by atoms with Crippen molar-refractivity contribution in [2.75, 3.05) is 18.5 Å². The number of hydrogen-bond acceptors (Lipinski definition) is 6. The van der Waals surface area contributed by atoms with Gasteiger partial charge in [-0.05, 0) is 38.0 Å². The fourth-order valence-electron chi connectivity index (χ4n) is 3.03. The van der Waals surface area contributed by atoms with Crippen molar-refractivity contribution in [3.63, 3.8) is 0 Å². The first-order valence-corrected chi connectivity index (χ1v) is 9.70. The first kappa shape index (κ1) is 19.1. The SMILES string of the molecule is C=CCOC(=O)[C@@H]1CC=CC[C@@H]1C(=O)Nc1nc2ccc(OCC)cc2s1. The van der Waals surface area contributed by atoms with Gasteiger partial charge in [-0.2, -0.15) is 0 Å². The zero-order valence-corrected chi connectivity index (χ0v) is 16.0. The molecule has 142 valence electrons. The van der Waals surface area contributed by atoms with E-state index in [0.717, 1.165) is 16.0 Å². The van der Waals surface area contributed by atoms with E-state index in [4.69, 9.17) is 9.47 Å². The first-order chi connectivity index (χ1) is 13.1. The molecule has 0 aliphatic heterocycles. The van der Waals surface area contributed by atoms with Crippen LogP contribution in [-0.4, -0.2) is 30.1 Å². The van der Waals surface area contributed by atoms with Crippen molar-refractivity contribution < 1.29 is 19.1 Å². The number of nitrogens with one attached hydrogen (secondary N) is 1. The maximum Gasteiger partial charge on any atom is 0.310 e. The Hall–Kier alpha value is -2.67. The number of fused-ring (bicyclic) bond motifs is 1. The molecule has 7 heteroatoms. The smallest absolute Gasteiger partial charge is 0.310 e. The highest BCUT2D eigenvalue weighted by atomic mass is 32.1. The summed E-state index contributed by atoms with van der Waals surface area (Å²) < 4.78 is 11.6. The minimum absolute atomic E-state index is 0.146. The van der Waals surface area contributed by atoms with E-state index in [1.807, 2.05) is 37.3 Å². The molecular formula is C20H22N2O4S. The molecule has 1 heterocycles. The average Bonchev–Trinajstić information content (AvgIpc) is 3.07. The summed E-state index contributed by atoms with van der Waals surface area (Å²) in [6, 6.07) is 5.63. The number of amides is 1. The molecule has 1 aliphatic carbocycles. The monoisotopic (exact) mass is 386 g/mol. The van der Waals surface area contributed by atoms with Gasteiger partial charge in [-0.15, -0.1) is 0 Å². The number of esters is 1. The van der Waals surface area contributed by atoms with Crippen LogP contribution in [0.25, 0.3) is 10.2 Å². The van der Waals surface area contributed by atoms with Crippen LogP contribution < -0.4 is 10.1 Å². The second-order valence-electron chi connectivity index (χ2n) is 6.15. The molecule has 1 aromatic heterocycles. The maximum atomic E-state index is 12.8. The van der Waals surface area contributed by atoms with Gasteiger partial charge in [0, 0.05) is 0 Å². The molecular weight excluding hydrogens is 364 g/mol. The van der Waals surface area contributed by atoms with Gasteiger partial charge < -0.3 is 14.8 Å². The van der Waals surface area contributed by atoms with E-state index >= 15 is 0 Å². The molecule has 0 radical (unpaired) electrons. The molecule has 2 aromatic rings. The number of allylic oxidation sites excluding steroid dienone is 2. The van der Waals surface area contributed by atoms with Gasteiger partial charge in [0.2, 0.25) is 5.91 Å². The van der Waals surface area contributed by atoms with Crippen LogP contribution in [0, 0.1) is 11.8 Å². The minimum Gasteiger partial charge on any atom is -0.494 e. The molecule has 1 amide bonds. The van der Waals surface area contributed by atoms with Crippen molar-refractivity contribution >= 4 is 38.6 Å². The van der Waals surface area contributed by atoms with Crippen LogP contribution in [-0.2, 0) is 14.3 Å². The van der Waals surface area contributed by atoms with Gasteiger partial charge in [0.05, 0.1) is 28.7 Å². The number of aromatic nitrogens is 1. The van der Waals surface area contributed by atoms with Crippen molar-refractivity contribution in [3.8, 4) is 5.75 Å². The molecule has 3 rings (SSSR count). The van der Waals surface area contributed by atoms with E-state index in [0.29, 0.717) is 24.6 Å². The molecule has 1 N–H and O–H groups in total. The summed E-state index contributed by atoms with van der Waals surface area (Å²) in [4.78, 5) is 29.5. The van der Waals surface area contributed by atoms with Crippen molar-refractivity contribution in [1.82, 2.24) is 4.98 Å². The molecule has 27 heavy (non-hydrogen) atoms. The third kappa shape index (κ3) is 4.54. The number of hydrogen-bond donors (Lipinski definition) is 1. The van der Waals surface area contributed by atoms with Gasteiger partial charge in [0.1, 0.15) is 12.4 Å². The van der Waals surface area contributed by atoms with E-state index in [-0.39, 0.29) is 18.5 Å². The lowest BCUT2D eigenvalue weighted by Crippen LogP contribution is -2.35. The van der Waals surface area contributed by atoms with Crippen LogP contribution in [0.2, 0.25) is 0 Å². The summed E-state index contributed by atoms with van der Waals surface area (Å²) in [7, 11) is 0. The maximum absolute atomic E-state index is 12.8. The molecule has 0 saturated carbocycles. The zero-order chi connectivity index (χ0) is 19.2. The Morgan fingerprint density at radius 1 is 1.33 bits per heavy atom. The number of benzene rings is 1. The Kier molecular flexibility index (Phi) is 6.24. The van der Waals surface area contributed by atoms with E-state index in [2.05, 4.69) is 16.9 Å².